The van der Waals surface area contributed by atoms with Crippen LogP contribution in [0.15, 0.2) is 48.8 Å². The number of halogens is 2. The normalized spacial score (nSPS) is 19.2. The zero-order chi connectivity index (χ0) is 20.6. The van der Waals surface area contributed by atoms with Crippen LogP contribution in [0.25, 0.3) is 11.3 Å². The average Bonchev–Trinajstić information content (AvgIpc) is 2.88. The minimum absolute atomic E-state index is 0.0892. The van der Waals surface area contributed by atoms with Crippen molar-refractivity contribution in [1.29, 1.82) is 0 Å². The quantitative estimate of drug-likeness (QED) is 0.675. The maximum atomic E-state index is 14.3. The number of pyridine rings is 1. The van der Waals surface area contributed by atoms with Crippen LogP contribution in [0.4, 0.5) is 4.39 Å². The molecule has 1 aliphatic carbocycles. The molecule has 5 heteroatoms. The third-order valence-electron chi connectivity index (χ3n) is 5.47. The van der Waals surface area contributed by atoms with Crippen LogP contribution in [0, 0.1) is 25.6 Å². The van der Waals surface area contributed by atoms with Gasteiger partial charge in [-0.05, 0) is 61.1 Å². The summed E-state index contributed by atoms with van der Waals surface area (Å²) in [4.78, 5) is 17.0. The molecule has 0 radical (unpaired) electrons. The minimum Gasteiger partial charge on any atom is -0.392 e. The summed E-state index contributed by atoms with van der Waals surface area (Å²) in [7, 11) is 1.83. The number of rotatable bonds is 5. The van der Waals surface area contributed by atoms with Crippen molar-refractivity contribution < 1.29 is 9.18 Å². The molecule has 146 valence electrons. The van der Waals surface area contributed by atoms with E-state index < -0.39 is 5.82 Å². The van der Waals surface area contributed by atoms with Crippen LogP contribution in [0.3, 0.4) is 0 Å². The molecule has 1 aromatic carbocycles. The van der Waals surface area contributed by atoms with Gasteiger partial charge in [-0.25, -0.2) is 4.39 Å². The first-order chi connectivity index (χ1) is 13.2. The van der Waals surface area contributed by atoms with Crippen molar-refractivity contribution in [1.82, 2.24) is 10.3 Å². The third kappa shape index (κ3) is 3.74. The van der Waals surface area contributed by atoms with Gasteiger partial charge < -0.3 is 5.32 Å². The first kappa shape index (κ1) is 20.3. The molecular formula is C23H24ClFN2O. The van der Waals surface area contributed by atoms with Gasteiger partial charge in [0.25, 0.3) is 0 Å². The Morgan fingerprint density at radius 3 is 2.54 bits per heavy atom. The number of nitrogens with one attached hydrogen (secondary N) is 1. The molecule has 0 amide bonds. The predicted octanol–water partition coefficient (Wildman–Crippen LogP) is 5.51. The third-order valence-corrected chi connectivity index (χ3v) is 5.68. The number of nitrogens with zero attached hydrogens (tertiary/aromatic N) is 1. The zero-order valence-electron chi connectivity index (χ0n) is 16.4. The number of hydrogen-bond acceptors (Lipinski definition) is 3. The Labute approximate surface area is 170 Å². The lowest BCUT2D eigenvalue weighted by Crippen LogP contribution is -2.11. The van der Waals surface area contributed by atoms with Gasteiger partial charge in [-0.1, -0.05) is 30.3 Å². The van der Waals surface area contributed by atoms with Gasteiger partial charge >= 0.3 is 0 Å². The first-order valence-corrected chi connectivity index (χ1v) is 9.60. The molecule has 1 aliphatic rings. The molecule has 28 heavy (non-hydrogen) atoms. The fourth-order valence-electron chi connectivity index (χ4n) is 4.08. The summed E-state index contributed by atoms with van der Waals surface area (Å²) in [6.07, 6.45) is 2.60. The fraction of sp³-hybridized carbons (Fsp3) is 0.304. The summed E-state index contributed by atoms with van der Waals surface area (Å²) in [5.41, 5.74) is 5.57. The molecule has 2 aromatic rings. The van der Waals surface area contributed by atoms with E-state index in [-0.39, 0.29) is 28.3 Å². The Bertz CT molecular complexity index is 960. The number of ketones is 1. The van der Waals surface area contributed by atoms with Gasteiger partial charge in [0.1, 0.15) is 11.5 Å². The second-order valence-corrected chi connectivity index (χ2v) is 7.88. The highest BCUT2D eigenvalue weighted by Crippen LogP contribution is 2.44. The van der Waals surface area contributed by atoms with Crippen LogP contribution in [-0.2, 0) is 4.79 Å². The Balaban J connectivity index is 1.98. The average molecular weight is 399 g/mol. The highest BCUT2D eigenvalue weighted by molar-refractivity contribution is 6.30. The van der Waals surface area contributed by atoms with Gasteiger partial charge in [0.15, 0.2) is 5.82 Å². The van der Waals surface area contributed by atoms with Crippen LogP contribution in [0.2, 0.25) is 5.02 Å². The number of aryl methyl sites for hydroxylation is 2. The van der Waals surface area contributed by atoms with E-state index in [1.807, 2.05) is 33.0 Å². The Hall–Kier alpha value is -2.46. The summed E-state index contributed by atoms with van der Waals surface area (Å²) in [6, 6.07) is 5.01. The Kier molecular flexibility index (Phi) is 5.71. The van der Waals surface area contributed by atoms with Crippen molar-refractivity contribution in [3.05, 3.63) is 76.4 Å². The van der Waals surface area contributed by atoms with Crippen LogP contribution in [0.1, 0.15) is 35.4 Å². The van der Waals surface area contributed by atoms with E-state index in [0.29, 0.717) is 18.4 Å². The lowest BCUT2D eigenvalue weighted by atomic mass is 9.84. The summed E-state index contributed by atoms with van der Waals surface area (Å²) >= 11 is 5.81. The number of aromatic nitrogens is 1. The van der Waals surface area contributed by atoms with E-state index in [9.17, 15) is 9.18 Å². The van der Waals surface area contributed by atoms with E-state index >= 15 is 0 Å². The molecule has 3 nitrogen and oxygen atoms in total. The van der Waals surface area contributed by atoms with Crippen molar-refractivity contribution in [3.8, 4) is 11.3 Å². The lowest BCUT2D eigenvalue weighted by molar-refractivity contribution is -0.118. The SMILES string of the molecule is C=C(CC1CC(=O)C(c2c(C)cc(-c3ncc(Cl)cc3F)cc2C)C1=C)NC. The van der Waals surface area contributed by atoms with Gasteiger partial charge in [0, 0.05) is 30.9 Å². The molecule has 2 atom stereocenters. The highest BCUT2D eigenvalue weighted by atomic mass is 35.5. The number of allylic oxidation sites excluding steroid dienone is 2. The summed E-state index contributed by atoms with van der Waals surface area (Å²) in [5, 5.41) is 3.30. The molecule has 1 N–H and O–H groups in total. The maximum Gasteiger partial charge on any atom is 0.150 e. The number of Topliss-reactive ketones (excluding diaryl/α,β-unsaturated/α-hetero) is 1. The van der Waals surface area contributed by atoms with Crippen molar-refractivity contribution in [2.45, 2.75) is 32.6 Å². The van der Waals surface area contributed by atoms with Gasteiger partial charge in [-0.2, -0.15) is 0 Å². The van der Waals surface area contributed by atoms with Crippen molar-refractivity contribution in [2.75, 3.05) is 7.05 Å². The standard InChI is InChI=1S/C23H24ClFN2O/c1-12-6-17(23-19(25)10-18(24)11-27-23)7-13(2)21(12)22-15(4)16(9-20(22)28)8-14(3)26-5/h6-7,10-11,16,22,26H,3-4,8-9H2,1-2,5H3. The number of carbonyl (C=O) groups excluding carboxylic acids is 1. The predicted molar refractivity (Wildman–Crippen MR) is 112 cm³/mol. The molecule has 0 aliphatic heterocycles. The maximum absolute atomic E-state index is 14.3. The second kappa shape index (κ2) is 7.88. The van der Waals surface area contributed by atoms with Crippen molar-refractivity contribution in [2.24, 2.45) is 5.92 Å². The van der Waals surface area contributed by atoms with Crippen molar-refractivity contribution in [3.63, 3.8) is 0 Å². The largest absolute Gasteiger partial charge is 0.392 e. The topological polar surface area (TPSA) is 42.0 Å². The zero-order valence-corrected chi connectivity index (χ0v) is 17.2. The molecule has 2 unspecified atom stereocenters. The molecular weight excluding hydrogens is 375 g/mol. The first-order valence-electron chi connectivity index (χ1n) is 9.22. The summed E-state index contributed by atoms with van der Waals surface area (Å²) in [5.74, 6) is -0.530. The second-order valence-electron chi connectivity index (χ2n) is 7.44. The molecule has 3 rings (SSSR count). The molecule has 0 bridgehead atoms. The molecule has 1 fully saturated rings. The van der Waals surface area contributed by atoms with E-state index in [1.165, 1.54) is 12.3 Å². The van der Waals surface area contributed by atoms with Gasteiger partial charge in [0.05, 0.1) is 10.9 Å². The molecule has 0 saturated heterocycles. The van der Waals surface area contributed by atoms with E-state index in [2.05, 4.69) is 23.5 Å². The fourth-order valence-corrected chi connectivity index (χ4v) is 4.22. The molecule has 1 aromatic heterocycles. The molecule has 1 heterocycles. The highest BCUT2D eigenvalue weighted by Gasteiger charge is 2.38. The number of benzene rings is 1. The van der Waals surface area contributed by atoms with Gasteiger partial charge in [-0.3, -0.25) is 9.78 Å². The van der Waals surface area contributed by atoms with E-state index in [4.69, 9.17) is 11.6 Å². The van der Waals surface area contributed by atoms with E-state index in [1.54, 1.807) is 0 Å². The Morgan fingerprint density at radius 2 is 1.96 bits per heavy atom. The van der Waals surface area contributed by atoms with Crippen LogP contribution in [-0.4, -0.2) is 17.8 Å². The summed E-state index contributed by atoms with van der Waals surface area (Å²) < 4.78 is 14.3. The Morgan fingerprint density at radius 1 is 1.32 bits per heavy atom. The van der Waals surface area contributed by atoms with Crippen LogP contribution < -0.4 is 5.32 Å². The molecule has 0 spiro atoms. The van der Waals surface area contributed by atoms with Gasteiger partial charge in [-0.15, -0.1) is 0 Å². The van der Waals surface area contributed by atoms with Crippen molar-refractivity contribution >= 4 is 17.4 Å². The van der Waals surface area contributed by atoms with E-state index in [0.717, 1.165) is 28.0 Å². The smallest absolute Gasteiger partial charge is 0.150 e. The van der Waals surface area contributed by atoms with Gasteiger partial charge in [0.2, 0.25) is 0 Å². The monoisotopic (exact) mass is 398 g/mol. The van der Waals surface area contributed by atoms with Crippen LogP contribution in [0.5, 0.6) is 0 Å². The lowest BCUT2D eigenvalue weighted by Gasteiger charge is -2.20. The summed E-state index contributed by atoms with van der Waals surface area (Å²) in [6.45, 7) is 12.1. The molecule has 1 saturated carbocycles. The number of hydrogen-bond donors (Lipinski definition) is 1. The number of carbonyl (C=O) groups is 1. The van der Waals surface area contributed by atoms with Crippen LogP contribution >= 0.6 is 11.6 Å². The minimum atomic E-state index is -0.467.